The number of carbonyl (C=O) groups excluding carboxylic acids is 1. The minimum atomic E-state index is -2.92. The number of nitrogens with one attached hydrogen (secondary N) is 1. The second kappa shape index (κ2) is 10.4. The van der Waals surface area contributed by atoms with Gasteiger partial charge < -0.3 is 14.8 Å². The lowest BCUT2D eigenvalue weighted by Gasteiger charge is -2.21. The van der Waals surface area contributed by atoms with E-state index in [1.807, 2.05) is 36.0 Å². The number of thioether (sulfide) groups is 1. The zero-order valence-electron chi connectivity index (χ0n) is 15.4. The van der Waals surface area contributed by atoms with Crippen LogP contribution < -0.4 is 10.1 Å². The Morgan fingerprint density at radius 1 is 1.18 bits per heavy atom. The van der Waals surface area contributed by atoms with Gasteiger partial charge >= 0.3 is 6.61 Å². The third-order valence-electron chi connectivity index (χ3n) is 4.40. The topological polar surface area (TPSA) is 47.6 Å². The van der Waals surface area contributed by atoms with Crippen LogP contribution in [0.15, 0.2) is 48.5 Å². The number of hydrogen-bond donors (Lipinski definition) is 1. The molecule has 1 amide bonds. The van der Waals surface area contributed by atoms with Crippen molar-refractivity contribution < 1.29 is 23.0 Å². The van der Waals surface area contributed by atoms with E-state index in [4.69, 9.17) is 4.74 Å². The van der Waals surface area contributed by atoms with Crippen LogP contribution in [0.5, 0.6) is 5.75 Å². The van der Waals surface area contributed by atoms with E-state index in [9.17, 15) is 13.6 Å². The van der Waals surface area contributed by atoms with Gasteiger partial charge in [-0.25, -0.2) is 0 Å². The Labute approximate surface area is 167 Å². The summed E-state index contributed by atoms with van der Waals surface area (Å²) in [6.07, 6.45) is 2.10. The summed E-state index contributed by atoms with van der Waals surface area (Å²) in [5.74, 6) is 0.619. The fourth-order valence-electron chi connectivity index (χ4n) is 3.03. The molecular formula is C21H23F2NO3S. The molecule has 1 aliphatic rings. The summed E-state index contributed by atoms with van der Waals surface area (Å²) in [5, 5.41) is 3.45. The molecule has 0 aliphatic carbocycles. The Morgan fingerprint density at radius 2 is 1.96 bits per heavy atom. The molecule has 0 bridgehead atoms. The SMILES string of the molecule is O=C(Cc1ccccc1OC(F)F)Nc1cccc(CSC2CCOCC2)c1. The Hall–Kier alpha value is -2.12. The van der Waals surface area contributed by atoms with E-state index in [0.717, 1.165) is 37.4 Å². The Balaban J connectivity index is 1.55. The molecule has 0 saturated carbocycles. The highest BCUT2D eigenvalue weighted by Gasteiger charge is 2.15. The quantitative estimate of drug-likeness (QED) is 0.677. The van der Waals surface area contributed by atoms with Gasteiger partial charge in [0, 0.05) is 35.5 Å². The van der Waals surface area contributed by atoms with Crippen molar-refractivity contribution in [1.29, 1.82) is 0 Å². The second-order valence-electron chi connectivity index (χ2n) is 6.53. The van der Waals surface area contributed by atoms with Crippen LogP contribution in [-0.4, -0.2) is 31.0 Å². The predicted octanol–water partition coefficient (Wildman–Crippen LogP) is 4.88. The van der Waals surface area contributed by atoms with Crippen LogP contribution in [0, 0.1) is 0 Å². The van der Waals surface area contributed by atoms with Gasteiger partial charge in [0.2, 0.25) is 5.91 Å². The lowest BCUT2D eigenvalue weighted by molar-refractivity contribution is -0.115. The minimum absolute atomic E-state index is 0.0225. The molecule has 0 unspecified atom stereocenters. The van der Waals surface area contributed by atoms with Crippen LogP contribution in [0.25, 0.3) is 0 Å². The summed E-state index contributed by atoms with van der Waals surface area (Å²) in [7, 11) is 0. The standard InChI is InChI=1S/C21H23F2NO3S/c22-21(23)27-19-7-2-1-5-16(19)13-20(25)24-17-6-3-4-15(12-17)14-28-18-8-10-26-11-9-18/h1-7,12,18,21H,8-11,13-14H2,(H,24,25). The highest BCUT2D eigenvalue weighted by atomic mass is 32.2. The third kappa shape index (κ3) is 6.49. The molecule has 7 heteroatoms. The molecule has 0 spiro atoms. The van der Waals surface area contributed by atoms with Crippen molar-refractivity contribution in [1.82, 2.24) is 0 Å². The first kappa shape index (κ1) is 20.6. The monoisotopic (exact) mass is 407 g/mol. The number of benzene rings is 2. The van der Waals surface area contributed by atoms with E-state index in [0.29, 0.717) is 16.5 Å². The Kier molecular flexibility index (Phi) is 7.68. The molecule has 150 valence electrons. The summed E-state index contributed by atoms with van der Waals surface area (Å²) < 4.78 is 34.9. The van der Waals surface area contributed by atoms with Crippen LogP contribution in [-0.2, 0) is 21.7 Å². The number of ether oxygens (including phenoxy) is 2. The average Bonchev–Trinajstić information content (AvgIpc) is 2.68. The molecular weight excluding hydrogens is 384 g/mol. The molecule has 0 atom stereocenters. The summed E-state index contributed by atoms with van der Waals surface area (Å²) in [5.41, 5.74) is 2.25. The number of amides is 1. The lowest BCUT2D eigenvalue weighted by Crippen LogP contribution is -2.17. The third-order valence-corrected chi connectivity index (χ3v) is 5.85. The van der Waals surface area contributed by atoms with Crippen LogP contribution in [0.4, 0.5) is 14.5 Å². The summed E-state index contributed by atoms with van der Waals surface area (Å²) in [6.45, 7) is -1.27. The molecule has 1 N–H and O–H groups in total. The smallest absolute Gasteiger partial charge is 0.387 e. The average molecular weight is 407 g/mol. The molecule has 1 fully saturated rings. The fourth-order valence-corrected chi connectivity index (χ4v) is 4.17. The van der Waals surface area contributed by atoms with E-state index in [-0.39, 0.29) is 18.1 Å². The zero-order valence-corrected chi connectivity index (χ0v) is 16.2. The number of hydrogen-bond acceptors (Lipinski definition) is 4. The van der Waals surface area contributed by atoms with Crippen molar-refractivity contribution in [3.63, 3.8) is 0 Å². The Morgan fingerprint density at radius 3 is 2.75 bits per heavy atom. The zero-order chi connectivity index (χ0) is 19.8. The summed E-state index contributed by atoms with van der Waals surface area (Å²) in [6, 6.07) is 14.0. The molecule has 2 aromatic rings. The maximum absolute atomic E-state index is 12.5. The van der Waals surface area contributed by atoms with Crippen molar-refractivity contribution in [3.05, 3.63) is 59.7 Å². The van der Waals surface area contributed by atoms with Crippen LogP contribution in [0.1, 0.15) is 24.0 Å². The van der Waals surface area contributed by atoms with Gasteiger partial charge in [-0.2, -0.15) is 20.5 Å². The van der Waals surface area contributed by atoms with Crippen molar-refractivity contribution in [2.24, 2.45) is 0 Å². The molecule has 0 aromatic heterocycles. The molecule has 2 aromatic carbocycles. The molecule has 28 heavy (non-hydrogen) atoms. The second-order valence-corrected chi connectivity index (χ2v) is 7.82. The number of para-hydroxylation sites is 1. The molecule has 1 aliphatic heterocycles. The number of halogens is 2. The number of rotatable bonds is 8. The normalized spacial score (nSPS) is 14.8. The van der Waals surface area contributed by atoms with Crippen molar-refractivity contribution in [3.8, 4) is 5.75 Å². The maximum atomic E-state index is 12.5. The van der Waals surface area contributed by atoms with E-state index < -0.39 is 6.61 Å². The molecule has 3 rings (SSSR count). The molecule has 0 radical (unpaired) electrons. The Bertz CT molecular complexity index is 782. The first-order valence-corrected chi connectivity index (χ1v) is 10.3. The van der Waals surface area contributed by atoms with Gasteiger partial charge in [-0.15, -0.1) is 0 Å². The van der Waals surface area contributed by atoms with E-state index >= 15 is 0 Å². The van der Waals surface area contributed by atoms with Crippen molar-refractivity contribution in [2.75, 3.05) is 18.5 Å². The highest BCUT2D eigenvalue weighted by molar-refractivity contribution is 7.99. The first-order valence-electron chi connectivity index (χ1n) is 9.21. The van der Waals surface area contributed by atoms with Crippen LogP contribution in [0.3, 0.4) is 0 Å². The van der Waals surface area contributed by atoms with Gasteiger partial charge in [-0.1, -0.05) is 30.3 Å². The number of carbonyl (C=O) groups is 1. The summed E-state index contributed by atoms with van der Waals surface area (Å²) >= 11 is 1.91. The van der Waals surface area contributed by atoms with Gasteiger partial charge in [0.25, 0.3) is 0 Å². The molecule has 4 nitrogen and oxygen atoms in total. The van der Waals surface area contributed by atoms with Crippen molar-refractivity contribution in [2.45, 2.75) is 36.9 Å². The largest absolute Gasteiger partial charge is 0.435 e. The highest BCUT2D eigenvalue weighted by Crippen LogP contribution is 2.27. The number of anilines is 1. The van der Waals surface area contributed by atoms with Gasteiger partial charge in [0.1, 0.15) is 5.75 Å². The maximum Gasteiger partial charge on any atom is 0.387 e. The lowest BCUT2D eigenvalue weighted by atomic mass is 10.1. The van der Waals surface area contributed by atoms with Gasteiger partial charge in [0.15, 0.2) is 0 Å². The van der Waals surface area contributed by atoms with Crippen molar-refractivity contribution >= 4 is 23.4 Å². The minimum Gasteiger partial charge on any atom is -0.435 e. The number of alkyl halides is 2. The van der Waals surface area contributed by atoms with Crippen LogP contribution >= 0.6 is 11.8 Å². The van der Waals surface area contributed by atoms with E-state index in [2.05, 4.69) is 10.1 Å². The van der Waals surface area contributed by atoms with Crippen LogP contribution in [0.2, 0.25) is 0 Å². The summed E-state index contributed by atoms with van der Waals surface area (Å²) in [4.78, 5) is 12.4. The molecule has 1 saturated heterocycles. The van der Waals surface area contributed by atoms with E-state index in [1.54, 1.807) is 18.2 Å². The first-order chi connectivity index (χ1) is 13.6. The fraction of sp³-hybridized carbons (Fsp3) is 0.381. The molecule has 1 heterocycles. The van der Waals surface area contributed by atoms with E-state index in [1.165, 1.54) is 6.07 Å². The van der Waals surface area contributed by atoms with Gasteiger partial charge in [-0.3, -0.25) is 4.79 Å². The predicted molar refractivity (Wildman–Crippen MR) is 107 cm³/mol. The van der Waals surface area contributed by atoms with Gasteiger partial charge in [-0.05, 0) is 36.6 Å². The van der Waals surface area contributed by atoms with Gasteiger partial charge in [0.05, 0.1) is 6.42 Å².